The molecule has 9 heteroatoms. The number of hydrogen-bond donors (Lipinski definition) is 0. The van der Waals surface area contributed by atoms with E-state index in [2.05, 4.69) is 0 Å². The Hall–Kier alpha value is -3.04. The van der Waals surface area contributed by atoms with Crippen molar-refractivity contribution in [3.63, 3.8) is 0 Å². The van der Waals surface area contributed by atoms with Gasteiger partial charge in [-0.3, -0.25) is 9.59 Å². The summed E-state index contributed by atoms with van der Waals surface area (Å²) >= 11 is 0. The second-order valence-corrected chi connectivity index (χ2v) is 10.1. The Labute approximate surface area is 200 Å². The van der Waals surface area contributed by atoms with Crippen LogP contribution in [0.15, 0.2) is 47.4 Å². The second-order valence-electron chi connectivity index (χ2n) is 8.14. The molecule has 0 radical (unpaired) electrons. The summed E-state index contributed by atoms with van der Waals surface area (Å²) in [7, 11) is -3.84. The molecule has 2 aromatic rings. The summed E-state index contributed by atoms with van der Waals surface area (Å²) in [5.74, 6) is -1.16. The minimum atomic E-state index is -3.84. The van der Waals surface area contributed by atoms with Gasteiger partial charge in [0.1, 0.15) is 0 Å². The fraction of sp³-hybridized carbons (Fsp3) is 0.400. The molecule has 1 fully saturated rings. The quantitative estimate of drug-likeness (QED) is 0.420. The van der Waals surface area contributed by atoms with Crippen molar-refractivity contribution in [2.24, 2.45) is 0 Å². The molecule has 0 aliphatic carbocycles. The molecule has 1 heterocycles. The Kier molecular flexibility index (Phi) is 8.22. The number of sulfonamides is 1. The molecule has 0 saturated carbocycles. The highest BCUT2D eigenvalue weighted by atomic mass is 32.2. The number of ether oxygens (including phenoxy) is 1. The van der Waals surface area contributed by atoms with Crippen LogP contribution in [0.4, 0.5) is 0 Å². The van der Waals surface area contributed by atoms with Crippen molar-refractivity contribution in [1.82, 2.24) is 9.21 Å². The van der Waals surface area contributed by atoms with Crippen LogP contribution in [0.1, 0.15) is 52.6 Å². The summed E-state index contributed by atoms with van der Waals surface area (Å²) < 4.78 is 32.6. The van der Waals surface area contributed by atoms with E-state index in [9.17, 15) is 22.8 Å². The van der Waals surface area contributed by atoms with E-state index in [0.29, 0.717) is 25.1 Å². The predicted molar refractivity (Wildman–Crippen MR) is 127 cm³/mol. The van der Waals surface area contributed by atoms with Gasteiger partial charge in [-0.1, -0.05) is 32.0 Å². The van der Waals surface area contributed by atoms with E-state index in [-0.39, 0.29) is 35.2 Å². The Morgan fingerprint density at radius 3 is 2.26 bits per heavy atom. The number of carbonyl (C=O) groups excluding carboxylic acids is 3. The zero-order valence-corrected chi connectivity index (χ0v) is 20.6. The smallest absolute Gasteiger partial charge is 0.338 e. The summed E-state index contributed by atoms with van der Waals surface area (Å²) in [6, 6.07) is 11.3. The molecule has 0 unspecified atom stereocenters. The first-order valence-corrected chi connectivity index (χ1v) is 12.8. The summed E-state index contributed by atoms with van der Waals surface area (Å²) in [5, 5.41) is 0. The average Bonchev–Trinajstić information content (AvgIpc) is 2.86. The standard InChI is InChI=1S/C25H30N2O6S/c1-4-19-9-10-20(5-2)23(15-19)24(29)17-33-25(30)21-7-6-8-22(16-21)34(31,32)27-13-11-26(12-14-27)18(3)28/h6-10,15-16H,4-5,11-14,17H2,1-3H3. The maximum Gasteiger partial charge on any atom is 0.338 e. The largest absolute Gasteiger partial charge is 0.454 e. The number of nitrogens with zero attached hydrogens (tertiary/aromatic N) is 2. The Balaban J connectivity index is 1.69. The van der Waals surface area contributed by atoms with Crippen LogP contribution in [-0.4, -0.2) is 68.1 Å². The summed E-state index contributed by atoms with van der Waals surface area (Å²) in [6.45, 7) is 5.98. The van der Waals surface area contributed by atoms with E-state index in [4.69, 9.17) is 4.74 Å². The topological polar surface area (TPSA) is 101 Å². The average molecular weight is 487 g/mol. The van der Waals surface area contributed by atoms with Crippen LogP contribution in [-0.2, 0) is 32.4 Å². The van der Waals surface area contributed by atoms with Crippen molar-refractivity contribution in [3.8, 4) is 0 Å². The number of esters is 1. The lowest BCUT2D eigenvalue weighted by atomic mass is 9.98. The Bertz CT molecular complexity index is 1180. The molecule has 2 aromatic carbocycles. The van der Waals surface area contributed by atoms with Crippen molar-refractivity contribution < 1.29 is 27.5 Å². The Morgan fingerprint density at radius 2 is 1.65 bits per heavy atom. The van der Waals surface area contributed by atoms with E-state index >= 15 is 0 Å². The molecular weight excluding hydrogens is 456 g/mol. The normalized spacial score (nSPS) is 14.6. The highest BCUT2D eigenvalue weighted by Gasteiger charge is 2.29. The number of ketones is 1. The molecule has 182 valence electrons. The molecule has 8 nitrogen and oxygen atoms in total. The molecular formula is C25H30N2O6S. The van der Waals surface area contributed by atoms with Gasteiger partial charge < -0.3 is 9.64 Å². The van der Waals surface area contributed by atoms with Gasteiger partial charge in [-0.25, -0.2) is 13.2 Å². The van der Waals surface area contributed by atoms with Crippen molar-refractivity contribution >= 4 is 27.7 Å². The minimum Gasteiger partial charge on any atom is -0.454 e. The molecule has 0 atom stereocenters. The fourth-order valence-electron chi connectivity index (χ4n) is 3.88. The van der Waals surface area contributed by atoms with Gasteiger partial charge in [0.05, 0.1) is 10.5 Å². The maximum atomic E-state index is 13.0. The van der Waals surface area contributed by atoms with E-state index in [0.717, 1.165) is 17.5 Å². The zero-order valence-electron chi connectivity index (χ0n) is 19.7. The first-order valence-electron chi connectivity index (χ1n) is 11.3. The van der Waals surface area contributed by atoms with Crippen LogP contribution < -0.4 is 0 Å². The molecule has 0 N–H and O–H groups in total. The van der Waals surface area contributed by atoms with Gasteiger partial charge in [-0.2, -0.15) is 4.31 Å². The Morgan fingerprint density at radius 1 is 0.941 bits per heavy atom. The van der Waals surface area contributed by atoms with Gasteiger partial charge in [0.15, 0.2) is 6.61 Å². The molecule has 34 heavy (non-hydrogen) atoms. The van der Waals surface area contributed by atoms with Crippen molar-refractivity contribution in [2.75, 3.05) is 32.8 Å². The van der Waals surface area contributed by atoms with Crippen molar-refractivity contribution in [3.05, 3.63) is 64.7 Å². The number of hydrogen-bond acceptors (Lipinski definition) is 6. The van der Waals surface area contributed by atoms with Crippen LogP contribution >= 0.6 is 0 Å². The highest BCUT2D eigenvalue weighted by molar-refractivity contribution is 7.89. The van der Waals surface area contributed by atoms with Gasteiger partial charge >= 0.3 is 5.97 Å². The third-order valence-corrected chi connectivity index (χ3v) is 7.88. The third-order valence-electron chi connectivity index (χ3n) is 5.99. The van der Waals surface area contributed by atoms with Crippen LogP contribution in [0, 0.1) is 0 Å². The fourth-order valence-corrected chi connectivity index (χ4v) is 5.35. The summed E-state index contributed by atoms with van der Waals surface area (Å²) in [5.41, 5.74) is 2.50. The molecule has 1 amide bonds. The second kappa shape index (κ2) is 10.9. The number of rotatable bonds is 8. The predicted octanol–water partition coefficient (Wildman–Crippen LogP) is 2.70. The van der Waals surface area contributed by atoms with E-state index in [1.165, 1.54) is 35.5 Å². The molecule has 0 spiro atoms. The summed E-state index contributed by atoms with van der Waals surface area (Å²) in [4.78, 5) is 38.4. The lowest BCUT2D eigenvalue weighted by molar-refractivity contribution is -0.129. The number of benzene rings is 2. The lowest BCUT2D eigenvalue weighted by Crippen LogP contribution is -2.49. The number of carbonyl (C=O) groups is 3. The molecule has 0 aromatic heterocycles. The summed E-state index contributed by atoms with van der Waals surface area (Å²) in [6.07, 6.45) is 1.47. The zero-order chi connectivity index (χ0) is 24.9. The van der Waals surface area contributed by atoms with Crippen molar-refractivity contribution in [1.29, 1.82) is 0 Å². The SMILES string of the molecule is CCc1ccc(CC)c(C(=O)COC(=O)c2cccc(S(=O)(=O)N3CCN(C(C)=O)CC3)c2)c1. The van der Waals surface area contributed by atoms with E-state index in [1.54, 1.807) is 4.90 Å². The first-order chi connectivity index (χ1) is 16.2. The molecule has 3 rings (SSSR count). The van der Waals surface area contributed by atoms with Gasteiger partial charge in [0.2, 0.25) is 21.7 Å². The van der Waals surface area contributed by atoms with Crippen LogP contribution in [0.5, 0.6) is 0 Å². The monoisotopic (exact) mass is 486 g/mol. The van der Waals surface area contributed by atoms with Crippen LogP contribution in [0.25, 0.3) is 0 Å². The number of amides is 1. The number of aryl methyl sites for hydroxylation is 2. The number of piperazine rings is 1. The van der Waals surface area contributed by atoms with E-state index in [1.807, 2.05) is 32.0 Å². The number of Topliss-reactive ketones (excluding diaryl/α,β-unsaturated/α-hetero) is 1. The van der Waals surface area contributed by atoms with Gasteiger partial charge in [-0.15, -0.1) is 0 Å². The lowest BCUT2D eigenvalue weighted by Gasteiger charge is -2.33. The van der Waals surface area contributed by atoms with Crippen molar-refractivity contribution in [2.45, 2.75) is 38.5 Å². The first kappa shape index (κ1) is 25.6. The third kappa shape index (κ3) is 5.71. The molecule has 0 bridgehead atoms. The molecule has 1 aliphatic heterocycles. The molecule has 1 aliphatic rings. The maximum absolute atomic E-state index is 13.0. The van der Waals surface area contributed by atoms with Crippen LogP contribution in [0.3, 0.4) is 0 Å². The van der Waals surface area contributed by atoms with Gasteiger partial charge in [-0.05, 0) is 48.2 Å². The minimum absolute atomic E-state index is 0.0338. The van der Waals surface area contributed by atoms with Gasteiger partial charge in [0.25, 0.3) is 0 Å². The van der Waals surface area contributed by atoms with E-state index < -0.39 is 22.6 Å². The van der Waals surface area contributed by atoms with Gasteiger partial charge in [0, 0.05) is 38.7 Å². The van der Waals surface area contributed by atoms with Crippen LogP contribution in [0.2, 0.25) is 0 Å². The highest BCUT2D eigenvalue weighted by Crippen LogP contribution is 2.20. The molecule has 1 saturated heterocycles.